The summed E-state index contributed by atoms with van der Waals surface area (Å²) in [6.07, 6.45) is 9.23. The van der Waals surface area contributed by atoms with Crippen molar-refractivity contribution in [3.63, 3.8) is 0 Å². The Balaban J connectivity index is 1.87. The summed E-state index contributed by atoms with van der Waals surface area (Å²) in [4.78, 5) is 22.2. The van der Waals surface area contributed by atoms with E-state index in [2.05, 4.69) is 14.3 Å². The number of benzene rings is 1. The van der Waals surface area contributed by atoms with E-state index in [1.807, 2.05) is 0 Å². The predicted molar refractivity (Wildman–Crippen MR) is 114 cm³/mol. The number of carbonyl (C=O) groups is 1. The molecule has 3 heterocycles. The Bertz CT molecular complexity index is 1300. The molecule has 10 heteroatoms. The first-order valence-corrected chi connectivity index (χ1v) is 11.5. The second-order valence-corrected chi connectivity index (χ2v) is 9.87. The molecule has 0 saturated carbocycles. The zero-order valence-corrected chi connectivity index (χ0v) is 17.7. The molecule has 1 aromatic carbocycles. The number of carbonyl (C=O) groups excluding carboxylic acids is 1. The first-order chi connectivity index (χ1) is 14.6. The van der Waals surface area contributed by atoms with Crippen molar-refractivity contribution in [3.8, 4) is 11.6 Å². The molecule has 0 fully saturated rings. The molecule has 0 bridgehead atoms. The number of amides is 1. The Morgan fingerprint density at radius 2 is 2.00 bits per heavy atom. The van der Waals surface area contributed by atoms with E-state index in [9.17, 15) is 17.8 Å². The fourth-order valence-electron chi connectivity index (χ4n) is 3.28. The Morgan fingerprint density at radius 1 is 1.23 bits per heavy atom. The maximum atomic E-state index is 14.2. The van der Waals surface area contributed by atoms with Gasteiger partial charge in [0.05, 0.1) is 17.8 Å². The van der Waals surface area contributed by atoms with E-state index in [0.717, 1.165) is 12.1 Å². The average molecular weight is 444 g/mol. The van der Waals surface area contributed by atoms with Gasteiger partial charge in [-0.2, -0.15) is 4.36 Å². The van der Waals surface area contributed by atoms with Crippen LogP contribution in [0.3, 0.4) is 0 Å². The maximum Gasteiger partial charge on any atom is 0.272 e. The highest BCUT2D eigenvalue weighted by Crippen LogP contribution is 2.40. The van der Waals surface area contributed by atoms with E-state index >= 15 is 0 Å². The van der Waals surface area contributed by atoms with Crippen LogP contribution in [0.5, 0.6) is 11.6 Å². The molecule has 1 unspecified atom stereocenters. The summed E-state index contributed by atoms with van der Waals surface area (Å²) in [7, 11) is -0.885. The van der Waals surface area contributed by atoms with Gasteiger partial charge in [0.15, 0.2) is 11.6 Å². The third-order valence-electron chi connectivity index (χ3n) is 4.57. The van der Waals surface area contributed by atoms with Crippen LogP contribution in [0.25, 0.3) is 5.57 Å². The summed E-state index contributed by atoms with van der Waals surface area (Å²) in [5.41, 5.74) is 1.70. The molecule has 2 aliphatic rings. The van der Waals surface area contributed by atoms with Gasteiger partial charge in [0.1, 0.15) is 11.5 Å². The number of nitrogens with zero attached hydrogens (tertiary/aromatic N) is 4. The van der Waals surface area contributed by atoms with Crippen LogP contribution in [0.1, 0.15) is 5.56 Å². The Hall–Kier alpha value is -3.40. The van der Waals surface area contributed by atoms with Crippen molar-refractivity contribution in [2.75, 3.05) is 19.6 Å². The molecule has 1 atom stereocenters. The SMILES string of the molecule is CN1C=C(c2cc(N=S(C)(C)=O)cnc2Oc2ccc(F)cc2F)C2C=CN=C2C1=O. The van der Waals surface area contributed by atoms with Gasteiger partial charge >= 0.3 is 0 Å². The van der Waals surface area contributed by atoms with Crippen molar-refractivity contribution < 1.29 is 22.5 Å². The van der Waals surface area contributed by atoms with E-state index in [1.54, 1.807) is 25.4 Å². The molecule has 2 aliphatic heterocycles. The van der Waals surface area contributed by atoms with Crippen molar-refractivity contribution in [2.45, 2.75) is 0 Å². The molecule has 4 rings (SSSR count). The third-order valence-corrected chi connectivity index (χ3v) is 5.22. The van der Waals surface area contributed by atoms with Crippen molar-refractivity contribution in [1.29, 1.82) is 0 Å². The molecule has 0 radical (unpaired) electrons. The maximum absolute atomic E-state index is 14.2. The Morgan fingerprint density at radius 3 is 2.71 bits per heavy atom. The largest absolute Gasteiger partial charge is 0.435 e. The average Bonchev–Trinajstić information content (AvgIpc) is 3.17. The van der Waals surface area contributed by atoms with Gasteiger partial charge in [0.25, 0.3) is 5.91 Å². The molecule has 0 N–H and O–H groups in total. The molecule has 0 saturated heterocycles. The molecule has 31 heavy (non-hydrogen) atoms. The van der Waals surface area contributed by atoms with Crippen molar-refractivity contribution in [2.24, 2.45) is 15.3 Å². The van der Waals surface area contributed by atoms with E-state index in [0.29, 0.717) is 28.6 Å². The van der Waals surface area contributed by atoms with Gasteiger partial charge in [0, 0.05) is 53.3 Å². The topological polar surface area (TPSA) is 84.2 Å². The zero-order chi connectivity index (χ0) is 22.3. The minimum Gasteiger partial charge on any atom is -0.435 e. The van der Waals surface area contributed by atoms with Crippen LogP contribution in [0.2, 0.25) is 0 Å². The zero-order valence-electron chi connectivity index (χ0n) is 16.9. The summed E-state index contributed by atoms with van der Waals surface area (Å²) in [5, 5.41) is 0. The first kappa shape index (κ1) is 20.9. The molecule has 0 spiro atoms. The molecule has 2 aromatic rings. The van der Waals surface area contributed by atoms with Gasteiger partial charge in [-0.3, -0.25) is 9.79 Å². The lowest BCUT2D eigenvalue weighted by Gasteiger charge is -2.27. The predicted octanol–water partition coefficient (Wildman–Crippen LogP) is 3.91. The van der Waals surface area contributed by atoms with E-state index in [-0.39, 0.29) is 17.5 Å². The quantitative estimate of drug-likeness (QED) is 0.716. The highest BCUT2D eigenvalue weighted by molar-refractivity contribution is 7.92. The monoisotopic (exact) mass is 444 g/mol. The number of ether oxygens (including phenoxy) is 1. The van der Waals surface area contributed by atoms with Gasteiger partial charge in [0.2, 0.25) is 5.88 Å². The molecular weight excluding hydrogens is 426 g/mol. The number of halogens is 2. The molecule has 0 aliphatic carbocycles. The summed E-state index contributed by atoms with van der Waals surface area (Å²) in [6, 6.07) is 4.54. The van der Waals surface area contributed by atoms with Crippen molar-refractivity contribution in [1.82, 2.24) is 9.88 Å². The van der Waals surface area contributed by atoms with Crippen LogP contribution in [-0.2, 0) is 14.5 Å². The lowest BCUT2D eigenvalue weighted by atomic mass is 9.87. The van der Waals surface area contributed by atoms with Crippen LogP contribution in [0.15, 0.2) is 58.3 Å². The van der Waals surface area contributed by atoms with E-state index < -0.39 is 27.3 Å². The minimum atomic E-state index is -2.47. The summed E-state index contributed by atoms with van der Waals surface area (Å²) < 4.78 is 49.5. The summed E-state index contributed by atoms with van der Waals surface area (Å²) in [5.74, 6) is -2.51. The number of allylic oxidation sites excluding steroid dienone is 2. The fourth-order valence-corrected chi connectivity index (χ4v) is 3.89. The van der Waals surface area contributed by atoms with Crippen LogP contribution >= 0.6 is 0 Å². The summed E-state index contributed by atoms with van der Waals surface area (Å²) >= 11 is 0. The number of pyridine rings is 1. The second kappa shape index (κ2) is 7.69. The van der Waals surface area contributed by atoms with Crippen molar-refractivity contribution in [3.05, 3.63) is 66.1 Å². The number of hydrogen-bond donors (Lipinski definition) is 0. The minimum absolute atomic E-state index is 0.0248. The first-order valence-electron chi connectivity index (χ1n) is 9.16. The molecule has 1 aromatic heterocycles. The van der Waals surface area contributed by atoms with Gasteiger partial charge in [-0.15, -0.1) is 0 Å². The molecule has 160 valence electrons. The van der Waals surface area contributed by atoms with Crippen molar-refractivity contribution >= 4 is 32.6 Å². The standard InChI is InChI=1S/C21H18F2N4O3S/c1-27-11-16(14-6-7-24-19(14)21(27)28)15-9-13(26-31(2,3)29)10-25-20(15)30-18-5-4-12(22)8-17(18)23/h4-11,14H,1-3H3. The number of aromatic nitrogens is 1. The number of rotatable bonds is 4. The van der Waals surface area contributed by atoms with Gasteiger partial charge in [-0.25, -0.2) is 18.0 Å². The highest BCUT2D eigenvalue weighted by atomic mass is 32.2. The molecule has 1 amide bonds. The highest BCUT2D eigenvalue weighted by Gasteiger charge is 2.35. The number of fused-ring (bicyclic) bond motifs is 1. The van der Waals surface area contributed by atoms with Gasteiger partial charge in [-0.1, -0.05) is 6.08 Å². The van der Waals surface area contributed by atoms with Crippen LogP contribution in [-0.4, -0.2) is 45.3 Å². The van der Waals surface area contributed by atoms with Crippen LogP contribution in [0.4, 0.5) is 14.5 Å². The lowest BCUT2D eigenvalue weighted by Crippen LogP contribution is -2.37. The third kappa shape index (κ3) is 4.24. The molecule has 7 nitrogen and oxygen atoms in total. The van der Waals surface area contributed by atoms with Crippen LogP contribution < -0.4 is 4.74 Å². The number of hydrogen-bond acceptors (Lipinski definition) is 6. The Kier molecular flexibility index (Phi) is 5.18. The lowest BCUT2D eigenvalue weighted by molar-refractivity contribution is -0.121. The normalized spacial score (nSPS) is 17.9. The smallest absolute Gasteiger partial charge is 0.272 e. The van der Waals surface area contributed by atoms with Crippen LogP contribution in [0, 0.1) is 17.6 Å². The Labute approximate surface area is 178 Å². The van der Waals surface area contributed by atoms with Gasteiger partial charge in [-0.05, 0) is 23.8 Å². The summed E-state index contributed by atoms with van der Waals surface area (Å²) in [6.45, 7) is 0. The van der Waals surface area contributed by atoms with E-state index in [4.69, 9.17) is 4.74 Å². The molecular formula is C21H18F2N4O3S. The van der Waals surface area contributed by atoms with Gasteiger partial charge < -0.3 is 9.64 Å². The van der Waals surface area contributed by atoms with E-state index in [1.165, 1.54) is 29.8 Å². The second-order valence-electron chi connectivity index (χ2n) is 7.33. The fraction of sp³-hybridized carbons (Fsp3) is 0.190. The number of aliphatic imine (C=N–C) groups is 1.